The van der Waals surface area contributed by atoms with Gasteiger partial charge in [-0.15, -0.1) is 11.8 Å². The molecule has 0 unspecified atom stereocenters. The summed E-state index contributed by atoms with van der Waals surface area (Å²) in [6.07, 6.45) is 2.52. The van der Waals surface area contributed by atoms with Crippen LogP contribution in [0.15, 0.2) is 16.1 Å². The van der Waals surface area contributed by atoms with Crippen LogP contribution < -0.4 is 0 Å². The van der Waals surface area contributed by atoms with Crippen molar-refractivity contribution in [1.82, 2.24) is 0 Å². The standard InChI is InChI=1S/C5H7NOS/c7-6-3-5-1-2-8-4-5/h3-4,7H,1-2H2/b6-3+. The number of nitrogens with zero attached hydrogens (tertiary/aromatic N) is 1. The zero-order chi connectivity index (χ0) is 5.82. The molecule has 0 spiro atoms. The van der Waals surface area contributed by atoms with E-state index in [2.05, 4.69) is 5.16 Å². The smallest absolute Gasteiger partial charge is 0.0698 e. The van der Waals surface area contributed by atoms with E-state index in [-0.39, 0.29) is 0 Å². The molecule has 44 valence electrons. The Labute approximate surface area is 52.3 Å². The van der Waals surface area contributed by atoms with E-state index in [1.807, 2.05) is 5.41 Å². The van der Waals surface area contributed by atoms with Gasteiger partial charge in [0.1, 0.15) is 0 Å². The second-order valence-corrected chi connectivity index (χ2v) is 2.54. The van der Waals surface area contributed by atoms with Gasteiger partial charge in [0, 0.05) is 5.75 Å². The molecule has 1 rings (SSSR count). The molecule has 1 heterocycles. The number of thioether (sulfide) groups is 1. The number of rotatable bonds is 1. The van der Waals surface area contributed by atoms with Gasteiger partial charge in [0.25, 0.3) is 0 Å². The lowest BCUT2D eigenvalue weighted by atomic mass is 10.3. The maximum atomic E-state index is 8.05. The molecule has 0 radical (unpaired) electrons. The summed E-state index contributed by atoms with van der Waals surface area (Å²) in [6.45, 7) is 0. The largest absolute Gasteiger partial charge is 0.411 e. The average Bonchev–Trinajstić information content (AvgIpc) is 2.19. The predicted octanol–water partition coefficient (Wildman–Crippen LogP) is 1.47. The summed E-state index contributed by atoms with van der Waals surface area (Å²) in [5, 5.41) is 13.0. The summed E-state index contributed by atoms with van der Waals surface area (Å²) in [5.74, 6) is 1.13. The first-order chi connectivity index (χ1) is 3.93. The summed E-state index contributed by atoms with van der Waals surface area (Å²) in [4.78, 5) is 0. The van der Waals surface area contributed by atoms with Crippen molar-refractivity contribution >= 4 is 18.0 Å². The van der Waals surface area contributed by atoms with E-state index in [4.69, 9.17) is 5.21 Å². The van der Waals surface area contributed by atoms with E-state index in [9.17, 15) is 0 Å². The molecular formula is C5H7NOS. The minimum Gasteiger partial charge on any atom is -0.411 e. The molecule has 0 atom stereocenters. The summed E-state index contributed by atoms with van der Waals surface area (Å²) in [5.41, 5.74) is 1.12. The van der Waals surface area contributed by atoms with E-state index < -0.39 is 0 Å². The van der Waals surface area contributed by atoms with Crippen molar-refractivity contribution in [2.24, 2.45) is 5.16 Å². The summed E-state index contributed by atoms with van der Waals surface area (Å²) < 4.78 is 0. The molecule has 0 fully saturated rings. The zero-order valence-corrected chi connectivity index (χ0v) is 5.19. The first-order valence-corrected chi connectivity index (χ1v) is 3.46. The van der Waals surface area contributed by atoms with Crippen LogP contribution >= 0.6 is 11.8 Å². The fourth-order valence-corrected chi connectivity index (χ4v) is 1.43. The molecule has 2 nitrogen and oxygen atoms in total. The van der Waals surface area contributed by atoms with Gasteiger partial charge >= 0.3 is 0 Å². The summed E-state index contributed by atoms with van der Waals surface area (Å²) >= 11 is 1.76. The van der Waals surface area contributed by atoms with E-state index >= 15 is 0 Å². The Bertz CT molecular complexity index is 130. The lowest BCUT2D eigenvalue weighted by Crippen LogP contribution is -1.78. The molecular weight excluding hydrogens is 122 g/mol. The van der Waals surface area contributed by atoms with E-state index in [0.29, 0.717) is 0 Å². The van der Waals surface area contributed by atoms with Crippen LogP contribution in [0.5, 0.6) is 0 Å². The Balaban J connectivity index is 2.45. The van der Waals surface area contributed by atoms with Crippen LogP contribution in [-0.4, -0.2) is 17.2 Å². The van der Waals surface area contributed by atoms with Gasteiger partial charge in [0.2, 0.25) is 0 Å². The molecule has 0 aromatic heterocycles. The molecule has 0 aromatic carbocycles. The Morgan fingerprint density at radius 1 is 1.88 bits per heavy atom. The van der Waals surface area contributed by atoms with Gasteiger partial charge < -0.3 is 5.21 Å². The average molecular weight is 129 g/mol. The number of allylic oxidation sites excluding steroid dienone is 1. The SMILES string of the molecule is O/N=C/C1=CSCC1. The van der Waals surface area contributed by atoms with Crippen LogP contribution in [0.25, 0.3) is 0 Å². The molecule has 1 aliphatic heterocycles. The van der Waals surface area contributed by atoms with E-state index in [1.165, 1.54) is 6.21 Å². The van der Waals surface area contributed by atoms with Gasteiger partial charge in [-0.1, -0.05) is 5.16 Å². The van der Waals surface area contributed by atoms with Crippen LogP contribution in [0.3, 0.4) is 0 Å². The highest BCUT2D eigenvalue weighted by molar-refractivity contribution is 8.02. The molecule has 0 bridgehead atoms. The van der Waals surface area contributed by atoms with Gasteiger partial charge in [-0.05, 0) is 17.4 Å². The van der Waals surface area contributed by atoms with Crippen molar-refractivity contribution in [3.05, 3.63) is 11.0 Å². The van der Waals surface area contributed by atoms with E-state index in [1.54, 1.807) is 11.8 Å². The maximum Gasteiger partial charge on any atom is 0.0698 e. The number of oxime groups is 1. The number of hydrogen-bond acceptors (Lipinski definition) is 3. The molecule has 3 heteroatoms. The molecule has 8 heavy (non-hydrogen) atoms. The molecule has 1 aliphatic rings. The topological polar surface area (TPSA) is 32.6 Å². The normalized spacial score (nSPS) is 19.8. The molecule has 0 aromatic rings. The Morgan fingerprint density at radius 2 is 2.75 bits per heavy atom. The second kappa shape index (κ2) is 2.77. The fraction of sp³-hybridized carbons (Fsp3) is 0.400. The third kappa shape index (κ3) is 1.26. The lowest BCUT2D eigenvalue weighted by Gasteiger charge is -1.82. The minimum atomic E-state index is 1.04. The van der Waals surface area contributed by atoms with E-state index in [0.717, 1.165) is 17.7 Å². The van der Waals surface area contributed by atoms with Gasteiger partial charge in [-0.3, -0.25) is 0 Å². The van der Waals surface area contributed by atoms with Crippen molar-refractivity contribution < 1.29 is 5.21 Å². The van der Waals surface area contributed by atoms with Gasteiger partial charge in [0.15, 0.2) is 0 Å². The van der Waals surface area contributed by atoms with Crippen LogP contribution in [0, 0.1) is 0 Å². The van der Waals surface area contributed by atoms with Crippen molar-refractivity contribution in [2.45, 2.75) is 6.42 Å². The molecule has 0 aliphatic carbocycles. The number of hydrogen-bond donors (Lipinski definition) is 1. The van der Waals surface area contributed by atoms with Gasteiger partial charge in [-0.25, -0.2) is 0 Å². The quantitative estimate of drug-likeness (QED) is 0.330. The molecule has 1 N–H and O–H groups in total. The molecule has 0 saturated heterocycles. The van der Waals surface area contributed by atoms with Crippen molar-refractivity contribution in [3.63, 3.8) is 0 Å². The summed E-state index contributed by atoms with van der Waals surface area (Å²) in [6, 6.07) is 0. The zero-order valence-electron chi connectivity index (χ0n) is 4.37. The van der Waals surface area contributed by atoms with Gasteiger partial charge in [0.05, 0.1) is 6.21 Å². The highest BCUT2D eigenvalue weighted by Crippen LogP contribution is 2.19. The predicted molar refractivity (Wildman–Crippen MR) is 35.4 cm³/mol. The Hall–Kier alpha value is -0.440. The molecule has 0 amide bonds. The van der Waals surface area contributed by atoms with Crippen molar-refractivity contribution in [1.29, 1.82) is 0 Å². The van der Waals surface area contributed by atoms with Crippen LogP contribution in [0.2, 0.25) is 0 Å². The maximum absolute atomic E-state index is 8.05. The lowest BCUT2D eigenvalue weighted by molar-refractivity contribution is 0.321. The van der Waals surface area contributed by atoms with Crippen LogP contribution in [0.4, 0.5) is 0 Å². The monoisotopic (exact) mass is 129 g/mol. The molecule has 0 saturated carbocycles. The van der Waals surface area contributed by atoms with Crippen LogP contribution in [-0.2, 0) is 0 Å². The first-order valence-electron chi connectivity index (χ1n) is 2.41. The Morgan fingerprint density at radius 3 is 3.25 bits per heavy atom. The first kappa shape index (κ1) is 5.69. The Kier molecular flexibility index (Phi) is 1.97. The summed E-state index contributed by atoms with van der Waals surface area (Å²) in [7, 11) is 0. The van der Waals surface area contributed by atoms with Crippen molar-refractivity contribution in [2.75, 3.05) is 5.75 Å². The second-order valence-electron chi connectivity index (χ2n) is 1.56. The van der Waals surface area contributed by atoms with Crippen LogP contribution in [0.1, 0.15) is 6.42 Å². The minimum absolute atomic E-state index is 1.04. The fourth-order valence-electron chi connectivity index (χ4n) is 0.571. The third-order valence-corrected chi connectivity index (χ3v) is 1.88. The highest BCUT2D eigenvalue weighted by atomic mass is 32.2. The third-order valence-electron chi connectivity index (χ3n) is 0.967. The highest BCUT2D eigenvalue weighted by Gasteiger charge is 2.00. The van der Waals surface area contributed by atoms with Crippen molar-refractivity contribution in [3.8, 4) is 0 Å². The van der Waals surface area contributed by atoms with Gasteiger partial charge in [-0.2, -0.15) is 0 Å².